The zero-order chi connectivity index (χ0) is 11.2. The van der Waals surface area contributed by atoms with Crippen LogP contribution in [0.4, 0.5) is 5.95 Å². The van der Waals surface area contributed by atoms with Crippen molar-refractivity contribution in [2.24, 2.45) is 7.05 Å². The molecule has 2 rings (SSSR count). The van der Waals surface area contributed by atoms with Crippen LogP contribution in [0, 0.1) is 0 Å². The Balaban J connectivity index is 2.94. The molecule has 2 aromatic heterocycles. The molecule has 3 N–H and O–H groups in total. The second-order valence-electron chi connectivity index (χ2n) is 4.00. The van der Waals surface area contributed by atoms with Crippen molar-refractivity contribution in [1.82, 2.24) is 14.5 Å². The van der Waals surface area contributed by atoms with Gasteiger partial charge in [-0.05, 0) is 11.5 Å². The van der Waals surface area contributed by atoms with E-state index >= 15 is 0 Å². The first kappa shape index (κ1) is 9.76. The van der Waals surface area contributed by atoms with E-state index in [1.54, 1.807) is 0 Å². The summed E-state index contributed by atoms with van der Waals surface area (Å²) in [5, 5.41) is 0.640. The molecule has 0 radical (unpaired) electrons. The lowest BCUT2D eigenvalue weighted by Crippen LogP contribution is -2.12. The van der Waals surface area contributed by atoms with Gasteiger partial charge in [0.15, 0.2) is 0 Å². The highest BCUT2D eigenvalue weighted by molar-refractivity contribution is 5.80. The van der Waals surface area contributed by atoms with Gasteiger partial charge in [-0.25, -0.2) is 0 Å². The Kier molecular flexibility index (Phi) is 2.03. The molecule has 0 bridgehead atoms. The summed E-state index contributed by atoms with van der Waals surface area (Å²) in [6.45, 7) is 4.09. The zero-order valence-electron chi connectivity index (χ0n) is 9.03. The lowest BCUT2D eigenvalue weighted by atomic mass is 10.0. The van der Waals surface area contributed by atoms with Gasteiger partial charge in [0.2, 0.25) is 5.95 Å². The summed E-state index contributed by atoms with van der Waals surface area (Å²) < 4.78 is 1.83. The standard InChI is InChI=1S/C10H14N4O/c1-5(2)6-4-14(3)8-7(6)9(15)13-10(11)12-8/h4-5H,1-3H3,(H3,11,12,13,15). The predicted octanol–water partition coefficient (Wildman–Crippen LogP) is 0.967. The predicted molar refractivity (Wildman–Crippen MR) is 59.8 cm³/mol. The van der Waals surface area contributed by atoms with E-state index in [1.165, 1.54) is 0 Å². The second kappa shape index (κ2) is 3.12. The van der Waals surface area contributed by atoms with Gasteiger partial charge in [0.1, 0.15) is 5.65 Å². The molecule has 0 atom stereocenters. The molecule has 0 spiro atoms. The summed E-state index contributed by atoms with van der Waals surface area (Å²) in [7, 11) is 1.86. The number of aryl methyl sites for hydroxylation is 1. The average Bonchev–Trinajstić information content (AvgIpc) is 2.44. The van der Waals surface area contributed by atoms with Crippen molar-refractivity contribution in [3.8, 4) is 0 Å². The highest BCUT2D eigenvalue weighted by Crippen LogP contribution is 2.22. The molecule has 2 aromatic rings. The zero-order valence-corrected chi connectivity index (χ0v) is 9.03. The number of H-pyrrole nitrogens is 1. The molecule has 0 aliphatic rings. The third kappa shape index (κ3) is 1.40. The minimum atomic E-state index is -0.165. The van der Waals surface area contributed by atoms with Crippen LogP contribution >= 0.6 is 0 Å². The molecule has 0 saturated carbocycles. The van der Waals surface area contributed by atoms with Gasteiger partial charge in [-0.3, -0.25) is 9.78 Å². The number of hydrogen-bond acceptors (Lipinski definition) is 3. The smallest absolute Gasteiger partial charge is 0.262 e. The van der Waals surface area contributed by atoms with E-state index in [1.807, 2.05) is 31.7 Å². The van der Waals surface area contributed by atoms with Crippen LogP contribution in [-0.2, 0) is 7.05 Å². The van der Waals surface area contributed by atoms with E-state index in [-0.39, 0.29) is 11.5 Å². The van der Waals surface area contributed by atoms with Gasteiger partial charge >= 0.3 is 0 Å². The number of nitrogens with two attached hydrogens (primary N) is 1. The molecular weight excluding hydrogens is 192 g/mol. The van der Waals surface area contributed by atoms with E-state index in [2.05, 4.69) is 9.97 Å². The van der Waals surface area contributed by atoms with E-state index < -0.39 is 0 Å². The van der Waals surface area contributed by atoms with Crippen LogP contribution in [0.5, 0.6) is 0 Å². The van der Waals surface area contributed by atoms with Crippen molar-refractivity contribution in [2.75, 3.05) is 5.73 Å². The number of rotatable bonds is 1. The van der Waals surface area contributed by atoms with Crippen LogP contribution in [0.25, 0.3) is 11.0 Å². The van der Waals surface area contributed by atoms with Crippen LogP contribution in [0.3, 0.4) is 0 Å². The molecule has 15 heavy (non-hydrogen) atoms. The number of aromatic nitrogens is 3. The molecule has 0 saturated heterocycles. The fourth-order valence-electron chi connectivity index (χ4n) is 1.77. The molecule has 0 unspecified atom stereocenters. The fourth-order valence-corrected chi connectivity index (χ4v) is 1.77. The first-order valence-electron chi connectivity index (χ1n) is 4.85. The number of nitrogens with zero attached hydrogens (tertiary/aromatic N) is 2. The minimum Gasteiger partial charge on any atom is -0.369 e. The van der Waals surface area contributed by atoms with Crippen molar-refractivity contribution in [3.63, 3.8) is 0 Å². The van der Waals surface area contributed by atoms with Gasteiger partial charge in [0.05, 0.1) is 5.39 Å². The molecule has 2 heterocycles. The third-order valence-electron chi connectivity index (χ3n) is 2.50. The van der Waals surface area contributed by atoms with Gasteiger partial charge in [-0.1, -0.05) is 13.8 Å². The Hall–Kier alpha value is -1.78. The Bertz CT molecular complexity index is 565. The van der Waals surface area contributed by atoms with Crippen LogP contribution < -0.4 is 11.3 Å². The lowest BCUT2D eigenvalue weighted by molar-refractivity contribution is 0.855. The number of fused-ring (bicyclic) bond motifs is 1. The van der Waals surface area contributed by atoms with Crippen molar-refractivity contribution < 1.29 is 0 Å². The Morgan fingerprint density at radius 1 is 1.53 bits per heavy atom. The van der Waals surface area contributed by atoms with Gasteiger partial charge in [0.25, 0.3) is 5.56 Å². The van der Waals surface area contributed by atoms with Gasteiger partial charge in [-0.15, -0.1) is 0 Å². The van der Waals surface area contributed by atoms with Gasteiger partial charge < -0.3 is 10.3 Å². The Morgan fingerprint density at radius 2 is 2.20 bits per heavy atom. The maximum Gasteiger partial charge on any atom is 0.262 e. The summed E-state index contributed by atoms with van der Waals surface area (Å²) in [6.07, 6.45) is 1.93. The number of nitrogen functional groups attached to an aromatic ring is 1. The van der Waals surface area contributed by atoms with E-state index in [0.717, 1.165) is 5.56 Å². The van der Waals surface area contributed by atoms with E-state index in [9.17, 15) is 4.79 Å². The second-order valence-corrected chi connectivity index (χ2v) is 4.00. The van der Waals surface area contributed by atoms with Gasteiger partial charge in [0, 0.05) is 13.2 Å². The molecule has 0 amide bonds. The summed E-state index contributed by atoms with van der Waals surface area (Å²) in [5.41, 5.74) is 6.97. The molecule has 5 nitrogen and oxygen atoms in total. The molecule has 0 aliphatic carbocycles. The molecule has 0 aromatic carbocycles. The average molecular weight is 206 g/mol. The van der Waals surface area contributed by atoms with Gasteiger partial charge in [-0.2, -0.15) is 4.98 Å². The van der Waals surface area contributed by atoms with Crippen LogP contribution in [0.2, 0.25) is 0 Å². The molecule has 0 aliphatic heterocycles. The van der Waals surface area contributed by atoms with Crippen molar-refractivity contribution in [2.45, 2.75) is 19.8 Å². The largest absolute Gasteiger partial charge is 0.369 e. The Morgan fingerprint density at radius 3 is 2.80 bits per heavy atom. The SMILES string of the molecule is CC(C)c1cn(C)c2nc(N)[nH]c(=O)c12. The number of hydrogen-bond donors (Lipinski definition) is 2. The summed E-state index contributed by atoms with van der Waals surface area (Å²) in [4.78, 5) is 18.4. The fraction of sp³-hybridized carbons (Fsp3) is 0.400. The summed E-state index contributed by atoms with van der Waals surface area (Å²) in [5.74, 6) is 0.448. The van der Waals surface area contributed by atoms with E-state index in [0.29, 0.717) is 17.0 Å². The first-order valence-corrected chi connectivity index (χ1v) is 4.85. The molecule has 0 fully saturated rings. The normalized spacial score (nSPS) is 11.5. The highest BCUT2D eigenvalue weighted by atomic mass is 16.1. The number of nitrogens with one attached hydrogen (secondary N) is 1. The minimum absolute atomic E-state index is 0.156. The maximum absolute atomic E-state index is 11.7. The van der Waals surface area contributed by atoms with Crippen molar-refractivity contribution in [1.29, 1.82) is 0 Å². The quantitative estimate of drug-likeness (QED) is 0.729. The van der Waals surface area contributed by atoms with Crippen LogP contribution in [-0.4, -0.2) is 14.5 Å². The first-order chi connectivity index (χ1) is 7.00. The van der Waals surface area contributed by atoms with Crippen LogP contribution in [0.15, 0.2) is 11.0 Å². The highest BCUT2D eigenvalue weighted by Gasteiger charge is 2.14. The molecular formula is C10H14N4O. The monoisotopic (exact) mass is 206 g/mol. The van der Waals surface area contributed by atoms with Crippen molar-refractivity contribution >= 4 is 17.0 Å². The van der Waals surface area contributed by atoms with E-state index in [4.69, 9.17) is 5.73 Å². The lowest BCUT2D eigenvalue weighted by Gasteiger charge is -2.00. The van der Waals surface area contributed by atoms with Crippen LogP contribution in [0.1, 0.15) is 25.3 Å². The number of anilines is 1. The third-order valence-corrected chi connectivity index (χ3v) is 2.50. The number of aromatic amines is 1. The summed E-state index contributed by atoms with van der Waals surface area (Å²) in [6, 6.07) is 0. The molecule has 80 valence electrons. The maximum atomic E-state index is 11.7. The topological polar surface area (TPSA) is 76.7 Å². The molecule has 5 heteroatoms. The van der Waals surface area contributed by atoms with Crippen molar-refractivity contribution in [3.05, 3.63) is 22.1 Å². The summed E-state index contributed by atoms with van der Waals surface area (Å²) >= 11 is 0. The Labute approximate surface area is 86.9 Å².